The van der Waals surface area contributed by atoms with Gasteiger partial charge in [-0.25, -0.2) is 0 Å². The van der Waals surface area contributed by atoms with E-state index < -0.39 is 0 Å². The number of rotatable bonds is 4. The molecule has 114 valence electrons. The van der Waals surface area contributed by atoms with Gasteiger partial charge in [-0.1, -0.05) is 44.2 Å². The summed E-state index contributed by atoms with van der Waals surface area (Å²) in [7, 11) is 0. The quantitative estimate of drug-likeness (QED) is 0.885. The molecule has 1 aromatic rings. The van der Waals surface area contributed by atoms with Gasteiger partial charge in [0.2, 0.25) is 0 Å². The van der Waals surface area contributed by atoms with Crippen LogP contribution in [0.4, 0.5) is 5.69 Å². The van der Waals surface area contributed by atoms with Crippen LogP contribution in [0.5, 0.6) is 0 Å². The summed E-state index contributed by atoms with van der Waals surface area (Å²) in [6.45, 7) is 1.78. The SMILES string of the molecule is O=C(NCCC1CCCCC1)c1cccc2c1NCCC2. The molecule has 1 aliphatic heterocycles. The van der Waals surface area contributed by atoms with E-state index in [0.717, 1.165) is 49.5 Å². The first-order valence-electron chi connectivity index (χ1n) is 8.48. The third-order valence-electron chi connectivity index (χ3n) is 4.88. The number of carbonyl (C=O) groups excluding carboxylic acids is 1. The third kappa shape index (κ3) is 3.58. The fourth-order valence-electron chi connectivity index (χ4n) is 3.66. The molecule has 1 saturated carbocycles. The maximum Gasteiger partial charge on any atom is 0.253 e. The number of aryl methyl sites for hydroxylation is 1. The molecule has 0 saturated heterocycles. The van der Waals surface area contributed by atoms with Gasteiger partial charge < -0.3 is 10.6 Å². The van der Waals surface area contributed by atoms with Gasteiger partial charge in [0.1, 0.15) is 0 Å². The molecule has 1 aliphatic carbocycles. The van der Waals surface area contributed by atoms with Gasteiger partial charge in [0, 0.05) is 13.1 Å². The first-order valence-corrected chi connectivity index (χ1v) is 8.48. The predicted molar refractivity (Wildman–Crippen MR) is 86.8 cm³/mol. The highest BCUT2D eigenvalue weighted by atomic mass is 16.1. The number of amides is 1. The van der Waals surface area contributed by atoms with Crippen LogP contribution in [-0.2, 0) is 6.42 Å². The highest BCUT2D eigenvalue weighted by molar-refractivity contribution is 6.00. The van der Waals surface area contributed by atoms with Crippen LogP contribution in [0.2, 0.25) is 0 Å². The Labute approximate surface area is 127 Å². The van der Waals surface area contributed by atoms with Crippen molar-refractivity contribution >= 4 is 11.6 Å². The number of anilines is 1. The van der Waals surface area contributed by atoms with Gasteiger partial charge in [0.05, 0.1) is 11.3 Å². The average Bonchev–Trinajstić information content (AvgIpc) is 2.55. The molecular weight excluding hydrogens is 260 g/mol. The lowest BCUT2D eigenvalue weighted by atomic mass is 9.87. The Morgan fingerprint density at radius 2 is 2.05 bits per heavy atom. The Hall–Kier alpha value is -1.51. The van der Waals surface area contributed by atoms with E-state index in [1.54, 1.807) is 0 Å². The zero-order valence-corrected chi connectivity index (χ0v) is 12.8. The van der Waals surface area contributed by atoms with Crippen LogP contribution < -0.4 is 10.6 Å². The minimum atomic E-state index is 0.0806. The number of nitrogens with one attached hydrogen (secondary N) is 2. The van der Waals surface area contributed by atoms with E-state index in [4.69, 9.17) is 0 Å². The van der Waals surface area contributed by atoms with Crippen molar-refractivity contribution < 1.29 is 4.79 Å². The van der Waals surface area contributed by atoms with E-state index in [2.05, 4.69) is 16.7 Å². The Morgan fingerprint density at radius 3 is 2.90 bits per heavy atom. The molecule has 0 radical (unpaired) electrons. The second-order valence-corrected chi connectivity index (χ2v) is 6.42. The average molecular weight is 286 g/mol. The molecule has 0 unspecified atom stereocenters. The summed E-state index contributed by atoms with van der Waals surface area (Å²) in [6.07, 6.45) is 10.2. The van der Waals surface area contributed by atoms with E-state index in [0.29, 0.717) is 0 Å². The van der Waals surface area contributed by atoms with Crippen LogP contribution in [0.15, 0.2) is 18.2 Å². The summed E-state index contributed by atoms with van der Waals surface area (Å²) < 4.78 is 0. The number of carbonyl (C=O) groups is 1. The summed E-state index contributed by atoms with van der Waals surface area (Å²) in [5, 5.41) is 6.51. The van der Waals surface area contributed by atoms with E-state index >= 15 is 0 Å². The highest BCUT2D eigenvalue weighted by Crippen LogP contribution is 2.27. The standard InChI is InChI=1S/C18H26N2O/c21-18(20-13-11-14-6-2-1-3-7-14)16-10-4-8-15-9-5-12-19-17(15)16/h4,8,10,14,19H,1-3,5-7,9,11-13H2,(H,20,21). The van der Waals surface area contributed by atoms with Gasteiger partial charge in [-0.2, -0.15) is 0 Å². The second-order valence-electron chi connectivity index (χ2n) is 6.42. The number of fused-ring (bicyclic) bond motifs is 1. The number of hydrogen-bond acceptors (Lipinski definition) is 2. The molecule has 1 heterocycles. The zero-order valence-electron chi connectivity index (χ0n) is 12.8. The molecule has 2 N–H and O–H groups in total. The lowest BCUT2D eigenvalue weighted by Gasteiger charge is -2.22. The van der Waals surface area contributed by atoms with Crippen molar-refractivity contribution in [1.29, 1.82) is 0 Å². The summed E-state index contributed by atoms with van der Waals surface area (Å²) in [5.74, 6) is 0.902. The van der Waals surface area contributed by atoms with Crippen molar-refractivity contribution in [2.75, 3.05) is 18.4 Å². The molecule has 3 heteroatoms. The fourth-order valence-corrected chi connectivity index (χ4v) is 3.66. The van der Waals surface area contributed by atoms with Crippen molar-refractivity contribution in [3.05, 3.63) is 29.3 Å². The first kappa shape index (κ1) is 14.4. The first-order chi connectivity index (χ1) is 10.3. The summed E-state index contributed by atoms with van der Waals surface area (Å²) >= 11 is 0. The van der Waals surface area contributed by atoms with Crippen LogP contribution in [0.25, 0.3) is 0 Å². The van der Waals surface area contributed by atoms with Crippen LogP contribution in [0.3, 0.4) is 0 Å². The molecular formula is C18H26N2O. The molecule has 1 amide bonds. The molecule has 0 bridgehead atoms. The van der Waals surface area contributed by atoms with Crippen molar-refractivity contribution in [2.45, 2.75) is 51.4 Å². The maximum absolute atomic E-state index is 12.4. The van der Waals surface area contributed by atoms with Gasteiger partial charge >= 0.3 is 0 Å². The largest absolute Gasteiger partial charge is 0.384 e. The van der Waals surface area contributed by atoms with Gasteiger partial charge in [0.15, 0.2) is 0 Å². The number of para-hydroxylation sites is 1. The van der Waals surface area contributed by atoms with Crippen LogP contribution >= 0.6 is 0 Å². The lowest BCUT2D eigenvalue weighted by molar-refractivity contribution is 0.0951. The lowest BCUT2D eigenvalue weighted by Crippen LogP contribution is -2.28. The summed E-state index contributed by atoms with van der Waals surface area (Å²) in [5.41, 5.74) is 3.15. The van der Waals surface area contributed by atoms with Crippen LogP contribution in [-0.4, -0.2) is 19.0 Å². The Bertz CT molecular complexity index is 492. The summed E-state index contributed by atoms with van der Waals surface area (Å²) in [4.78, 5) is 12.4. The molecule has 1 fully saturated rings. The molecule has 21 heavy (non-hydrogen) atoms. The smallest absolute Gasteiger partial charge is 0.253 e. The normalized spacial score (nSPS) is 18.7. The van der Waals surface area contributed by atoms with Crippen molar-refractivity contribution in [3.63, 3.8) is 0 Å². The molecule has 2 aliphatic rings. The molecule has 1 aromatic carbocycles. The minimum absolute atomic E-state index is 0.0806. The van der Waals surface area contributed by atoms with E-state index in [9.17, 15) is 4.79 Å². The second kappa shape index (κ2) is 6.97. The zero-order chi connectivity index (χ0) is 14.5. The van der Waals surface area contributed by atoms with E-state index in [1.807, 2.05) is 12.1 Å². The number of hydrogen-bond donors (Lipinski definition) is 2. The Kier molecular flexibility index (Phi) is 4.79. The van der Waals surface area contributed by atoms with Gasteiger partial charge in [-0.05, 0) is 36.8 Å². The molecule has 3 nitrogen and oxygen atoms in total. The van der Waals surface area contributed by atoms with E-state index in [1.165, 1.54) is 37.7 Å². The fraction of sp³-hybridized carbons (Fsp3) is 0.611. The summed E-state index contributed by atoms with van der Waals surface area (Å²) in [6, 6.07) is 6.06. The maximum atomic E-state index is 12.4. The Morgan fingerprint density at radius 1 is 1.19 bits per heavy atom. The van der Waals surface area contributed by atoms with Crippen molar-refractivity contribution in [1.82, 2.24) is 5.32 Å². The van der Waals surface area contributed by atoms with Crippen LogP contribution in [0, 0.1) is 5.92 Å². The topological polar surface area (TPSA) is 41.1 Å². The van der Waals surface area contributed by atoms with Gasteiger partial charge in [-0.15, -0.1) is 0 Å². The monoisotopic (exact) mass is 286 g/mol. The van der Waals surface area contributed by atoms with Gasteiger partial charge in [0.25, 0.3) is 5.91 Å². The predicted octanol–water partition coefficient (Wildman–Crippen LogP) is 3.74. The molecule has 0 spiro atoms. The van der Waals surface area contributed by atoms with Crippen LogP contribution in [0.1, 0.15) is 60.9 Å². The third-order valence-corrected chi connectivity index (χ3v) is 4.88. The van der Waals surface area contributed by atoms with Crippen molar-refractivity contribution in [3.8, 4) is 0 Å². The van der Waals surface area contributed by atoms with Gasteiger partial charge in [-0.3, -0.25) is 4.79 Å². The van der Waals surface area contributed by atoms with E-state index in [-0.39, 0.29) is 5.91 Å². The molecule has 3 rings (SSSR count). The molecule has 0 atom stereocenters. The Balaban J connectivity index is 1.55. The van der Waals surface area contributed by atoms with Crippen molar-refractivity contribution in [2.24, 2.45) is 5.92 Å². The molecule has 0 aromatic heterocycles. The number of benzene rings is 1. The highest BCUT2D eigenvalue weighted by Gasteiger charge is 2.18. The minimum Gasteiger partial charge on any atom is -0.384 e.